The van der Waals surface area contributed by atoms with Crippen LogP contribution in [-0.4, -0.2) is 114 Å². The van der Waals surface area contributed by atoms with Gasteiger partial charge in [-0.1, -0.05) is 23.2 Å². The Hall–Kier alpha value is -5.24. The van der Waals surface area contributed by atoms with E-state index in [1.54, 1.807) is 82.6 Å². The molecule has 2 atom stereocenters. The molecule has 2 aromatic carbocycles. The standard InChI is InChI=1S/2C19H18ClN3O5S/c2*20-16-6-5-15(29-16)18(25)21-9-14-10-23(19(26)28-14)13-3-1-12(2-4-13)22-7-8-27-11-17(22)24/h2*1-6,14H,7-11H2,(H,21,25)/t2*14-/m00/s1. The lowest BCUT2D eigenvalue weighted by Gasteiger charge is -2.27. The van der Waals surface area contributed by atoms with Crippen LogP contribution in [0.4, 0.5) is 32.3 Å². The second-order valence-electron chi connectivity index (χ2n) is 13.1. The summed E-state index contributed by atoms with van der Waals surface area (Å²) in [4.78, 5) is 79.9. The first-order chi connectivity index (χ1) is 28.0. The number of ether oxygens (including phenoxy) is 4. The fourth-order valence-corrected chi connectivity index (χ4v) is 8.26. The van der Waals surface area contributed by atoms with Gasteiger partial charge in [0.1, 0.15) is 25.4 Å². The van der Waals surface area contributed by atoms with Crippen LogP contribution in [0, 0.1) is 0 Å². The summed E-state index contributed by atoms with van der Waals surface area (Å²) in [6.45, 7) is 3.20. The predicted molar refractivity (Wildman–Crippen MR) is 218 cm³/mol. The van der Waals surface area contributed by atoms with Crippen LogP contribution in [0.25, 0.3) is 0 Å². The van der Waals surface area contributed by atoms with E-state index in [1.807, 2.05) is 0 Å². The summed E-state index contributed by atoms with van der Waals surface area (Å²) < 4.78 is 22.1. The van der Waals surface area contributed by atoms with Crippen molar-refractivity contribution in [1.82, 2.24) is 10.6 Å². The smallest absolute Gasteiger partial charge is 0.414 e. The molecular weight excluding hydrogens is 835 g/mol. The Morgan fingerprint density at radius 2 is 0.931 bits per heavy atom. The molecule has 4 aliphatic heterocycles. The molecule has 6 heterocycles. The number of rotatable bonds is 10. The van der Waals surface area contributed by atoms with Crippen molar-refractivity contribution in [1.29, 1.82) is 0 Å². The van der Waals surface area contributed by atoms with Crippen molar-refractivity contribution in [2.75, 3.05) is 85.3 Å². The van der Waals surface area contributed by atoms with Crippen molar-refractivity contribution < 1.29 is 47.7 Å². The summed E-state index contributed by atoms with van der Waals surface area (Å²) in [5, 5.41) is 5.51. The van der Waals surface area contributed by atoms with Crippen LogP contribution in [0.15, 0.2) is 72.8 Å². The molecule has 20 heteroatoms. The Balaban J connectivity index is 0.000000177. The average molecular weight is 872 g/mol. The Kier molecular flexibility index (Phi) is 13.1. The van der Waals surface area contributed by atoms with Gasteiger partial charge in [0.25, 0.3) is 23.6 Å². The molecule has 0 spiro atoms. The zero-order chi connectivity index (χ0) is 40.8. The molecule has 4 fully saturated rings. The molecule has 304 valence electrons. The van der Waals surface area contributed by atoms with Crippen molar-refractivity contribution in [3.63, 3.8) is 0 Å². The third-order valence-electron chi connectivity index (χ3n) is 9.24. The van der Waals surface area contributed by atoms with Crippen molar-refractivity contribution in [3.05, 3.63) is 91.2 Å². The minimum absolute atomic E-state index is 0.0747. The van der Waals surface area contributed by atoms with Gasteiger partial charge in [0.15, 0.2) is 0 Å². The highest BCUT2D eigenvalue weighted by atomic mass is 35.5. The lowest BCUT2D eigenvalue weighted by Crippen LogP contribution is -2.41. The van der Waals surface area contributed by atoms with Gasteiger partial charge < -0.3 is 39.4 Å². The number of nitrogens with one attached hydrogen (secondary N) is 2. The molecule has 2 aromatic heterocycles. The van der Waals surface area contributed by atoms with E-state index >= 15 is 0 Å². The maximum Gasteiger partial charge on any atom is 0.414 e. The van der Waals surface area contributed by atoms with Crippen LogP contribution >= 0.6 is 45.9 Å². The SMILES string of the molecule is O=C(NC[C@H]1CN(c2ccc(N3CCOCC3=O)cc2)C(=O)O1)c1ccc(Cl)s1.O=C(NC[C@H]1CN(c2ccc(N3CCOCC3=O)cc2)C(=O)O1)c1ccc(Cl)s1. The Morgan fingerprint density at radius 3 is 1.26 bits per heavy atom. The average Bonchev–Trinajstić information content (AvgIpc) is 4.04. The van der Waals surface area contributed by atoms with Gasteiger partial charge in [-0.3, -0.25) is 29.0 Å². The minimum Gasteiger partial charge on any atom is -0.442 e. The Morgan fingerprint density at radius 1 is 0.569 bits per heavy atom. The zero-order valence-electron chi connectivity index (χ0n) is 30.6. The Bertz CT molecular complexity index is 2020. The second kappa shape index (κ2) is 18.6. The first-order valence-corrected chi connectivity index (χ1v) is 20.4. The van der Waals surface area contributed by atoms with Gasteiger partial charge in [-0.15, -0.1) is 22.7 Å². The molecule has 2 N–H and O–H groups in total. The highest BCUT2D eigenvalue weighted by molar-refractivity contribution is 7.18. The number of cyclic esters (lactones) is 2. The topological polar surface area (TPSA) is 176 Å². The molecule has 0 radical (unpaired) electrons. The second-order valence-corrected chi connectivity index (χ2v) is 16.5. The van der Waals surface area contributed by atoms with E-state index in [0.29, 0.717) is 69.2 Å². The van der Waals surface area contributed by atoms with E-state index in [4.69, 9.17) is 42.1 Å². The maximum absolute atomic E-state index is 12.2. The van der Waals surface area contributed by atoms with Crippen LogP contribution in [0.2, 0.25) is 8.67 Å². The van der Waals surface area contributed by atoms with Gasteiger partial charge in [-0.2, -0.15) is 0 Å². The van der Waals surface area contributed by atoms with Crippen molar-refractivity contribution in [3.8, 4) is 0 Å². The van der Waals surface area contributed by atoms with E-state index < -0.39 is 24.4 Å². The lowest BCUT2D eigenvalue weighted by atomic mass is 10.2. The van der Waals surface area contributed by atoms with Gasteiger partial charge in [-0.25, -0.2) is 9.59 Å². The number of hydrogen-bond donors (Lipinski definition) is 2. The molecule has 4 aliphatic rings. The first kappa shape index (κ1) is 40.9. The summed E-state index contributed by atoms with van der Waals surface area (Å²) in [6.07, 6.45) is -1.86. The van der Waals surface area contributed by atoms with E-state index in [2.05, 4.69) is 10.6 Å². The van der Waals surface area contributed by atoms with Crippen LogP contribution < -0.4 is 30.2 Å². The molecule has 58 heavy (non-hydrogen) atoms. The molecule has 0 aliphatic carbocycles. The Labute approximate surface area is 350 Å². The van der Waals surface area contributed by atoms with E-state index in [9.17, 15) is 28.8 Å². The number of nitrogens with zero attached hydrogens (tertiary/aromatic N) is 4. The monoisotopic (exact) mass is 870 g/mol. The number of carbonyl (C=O) groups excluding carboxylic acids is 6. The van der Waals surface area contributed by atoms with Crippen LogP contribution in [0.5, 0.6) is 0 Å². The molecule has 4 saturated heterocycles. The number of carbonyl (C=O) groups is 6. The number of benzene rings is 2. The summed E-state index contributed by atoms with van der Waals surface area (Å²) in [6, 6.07) is 20.9. The summed E-state index contributed by atoms with van der Waals surface area (Å²) in [5.74, 6) is -0.688. The largest absolute Gasteiger partial charge is 0.442 e. The van der Waals surface area contributed by atoms with Crippen molar-refractivity contribution in [2.45, 2.75) is 12.2 Å². The molecule has 4 aromatic rings. The first-order valence-electron chi connectivity index (χ1n) is 18.0. The molecule has 0 bridgehead atoms. The minimum atomic E-state index is -0.474. The van der Waals surface area contributed by atoms with Crippen LogP contribution in [0.3, 0.4) is 0 Å². The molecular formula is C38H36Cl2N6O10S2. The summed E-state index contributed by atoms with van der Waals surface area (Å²) in [7, 11) is 0. The zero-order valence-corrected chi connectivity index (χ0v) is 33.7. The van der Waals surface area contributed by atoms with E-state index in [1.165, 1.54) is 32.5 Å². The van der Waals surface area contributed by atoms with Crippen molar-refractivity contribution in [2.24, 2.45) is 0 Å². The molecule has 8 rings (SSSR count). The number of halogens is 2. The fourth-order valence-electron chi connectivity index (χ4n) is 6.34. The van der Waals surface area contributed by atoms with Crippen LogP contribution in [-0.2, 0) is 28.5 Å². The third-order valence-corrected chi connectivity index (χ3v) is 11.7. The fraction of sp³-hybridized carbons (Fsp3) is 0.316. The maximum atomic E-state index is 12.2. The molecule has 6 amide bonds. The quantitative estimate of drug-likeness (QED) is 0.220. The molecule has 0 saturated carbocycles. The predicted octanol–water partition coefficient (Wildman–Crippen LogP) is 5.04. The number of morpholine rings is 2. The number of hydrogen-bond acceptors (Lipinski definition) is 12. The molecule has 0 unspecified atom stereocenters. The van der Waals surface area contributed by atoms with Gasteiger partial charge in [0.2, 0.25) is 0 Å². The summed E-state index contributed by atoms with van der Waals surface area (Å²) >= 11 is 14.1. The number of amides is 6. The van der Waals surface area contributed by atoms with Crippen LogP contribution in [0.1, 0.15) is 19.3 Å². The van der Waals surface area contributed by atoms with E-state index in [0.717, 1.165) is 11.4 Å². The molecule has 16 nitrogen and oxygen atoms in total. The van der Waals surface area contributed by atoms with E-state index in [-0.39, 0.29) is 49.9 Å². The number of anilines is 4. The van der Waals surface area contributed by atoms with Crippen molar-refractivity contribution >= 4 is 104 Å². The highest BCUT2D eigenvalue weighted by Crippen LogP contribution is 2.28. The van der Waals surface area contributed by atoms with Gasteiger partial charge >= 0.3 is 12.2 Å². The van der Waals surface area contributed by atoms with Gasteiger partial charge in [0, 0.05) is 35.8 Å². The lowest BCUT2D eigenvalue weighted by molar-refractivity contribution is -0.126. The normalized spacial score (nSPS) is 19.4. The van der Waals surface area contributed by atoms with Gasteiger partial charge in [-0.05, 0) is 72.8 Å². The highest BCUT2D eigenvalue weighted by Gasteiger charge is 2.34. The van der Waals surface area contributed by atoms with Gasteiger partial charge in [0.05, 0.1) is 57.8 Å². The number of thiophene rings is 2. The summed E-state index contributed by atoms with van der Waals surface area (Å²) in [5.41, 5.74) is 2.85. The third kappa shape index (κ3) is 9.88.